The zero-order valence-electron chi connectivity index (χ0n) is 8.14. The van der Waals surface area contributed by atoms with Crippen LogP contribution in [0.2, 0.25) is 0 Å². The van der Waals surface area contributed by atoms with Gasteiger partial charge in [0.15, 0.2) is 12.1 Å². The minimum Gasteiger partial charge on any atom is -0.318 e. The summed E-state index contributed by atoms with van der Waals surface area (Å²) in [4.78, 5) is 8.74. The van der Waals surface area contributed by atoms with Gasteiger partial charge < -0.3 is 4.89 Å². The Labute approximate surface area is 87.4 Å². The van der Waals surface area contributed by atoms with Crippen molar-refractivity contribution in [2.45, 2.75) is 31.8 Å². The van der Waals surface area contributed by atoms with Gasteiger partial charge in [-0.25, -0.2) is 15.5 Å². The van der Waals surface area contributed by atoms with Gasteiger partial charge in [0.1, 0.15) is 0 Å². The number of hydrogen-bond donors (Lipinski definition) is 3. The predicted octanol–water partition coefficient (Wildman–Crippen LogP) is 0.867. The summed E-state index contributed by atoms with van der Waals surface area (Å²) in [6, 6.07) is 0. The average Bonchev–Trinajstić information content (AvgIpc) is 2.75. The van der Waals surface area contributed by atoms with E-state index in [0.29, 0.717) is 5.82 Å². The number of rotatable bonds is 4. The molecule has 7 nitrogen and oxygen atoms in total. The molecule has 2 aliphatic rings. The largest absolute Gasteiger partial charge is 0.364 e. The minimum absolute atomic E-state index is 0.0165. The van der Waals surface area contributed by atoms with Gasteiger partial charge in [-0.05, 0) is 12.8 Å². The molecular weight excluding hydrogens is 221 g/mol. The first-order chi connectivity index (χ1) is 7.16. The van der Waals surface area contributed by atoms with Gasteiger partial charge in [-0.1, -0.05) is 17.8 Å². The van der Waals surface area contributed by atoms with Crippen molar-refractivity contribution < 1.29 is 19.0 Å². The Morgan fingerprint density at radius 1 is 1.60 bits per heavy atom. The molecule has 8 heteroatoms. The van der Waals surface area contributed by atoms with Crippen LogP contribution in [0.4, 0.5) is 0 Å². The summed E-state index contributed by atoms with van der Waals surface area (Å²) < 4.78 is 17.1. The maximum atomic E-state index is 11.8. The van der Waals surface area contributed by atoms with Gasteiger partial charge in [-0.15, -0.1) is 0 Å². The van der Waals surface area contributed by atoms with E-state index in [-0.39, 0.29) is 6.10 Å². The zero-order chi connectivity index (χ0) is 10.7. The van der Waals surface area contributed by atoms with Crippen LogP contribution in [0.15, 0.2) is 12.1 Å². The first-order valence-corrected chi connectivity index (χ1v) is 6.49. The molecule has 0 spiro atoms. The molecule has 0 bridgehead atoms. The summed E-state index contributed by atoms with van der Waals surface area (Å²) in [7, 11) is -3.33. The van der Waals surface area contributed by atoms with Gasteiger partial charge in [0.25, 0.3) is 0 Å². The molecule has 0 saturated heterocycles. The molecule has 1 aliphatic carbocycles. The summed E-state index contributed by atoms with van der Waals surface area (Å²) in [6.45, 7) is 0. The standard InChI is InChI=1S/C7H14N3O4P/c8-15(11,10-7-5-12-14-9-7)13-6-3-1-2-4-6/h5-6,9H,1-4H2,(H3,8,10,11). The van der Waals surface area contributed by atoms with Crippen molar-refractivity contribution in [3.63, 3.8) is 0 Å². The Balaban J connectivity index is 1.85. The second-order valence-electron chi connectivity index (χ2n) is 3.53. The first-order valence-electron chi connectivity index (χ1n) is 4.79. The summed E-state index contributed by atoms with van der Waals surface area (Å²) >= 11 is 0. The van der Waals surface area contributed by atoms with Crippen LogP contribution in [0.3, 0.4) is 0 Å². The molecule has 0 radical (unpaired) electrons. The molecule has 86 valence electrons. The Morgan fingerprint density at radius 2 is 2.33 bits per heavy atom. The van der Waals surface area contributed by atoms with Crippen LogP contribution in [0.25, 0.3) is 0 Å². The van der Waals surface area contributed by atoms with E-state index >= 15 is 0 Å². The highest BCUT2D eigenvalue weighted by molar-refractivity contribution is 7.54. The third-order valence-electron chi connectivity index (χ3n) is 2.25. The van der Waals surface area contributed by atoms with Gasteiger partial charge in [-0.2, -0.15) is 0 Å². The number of hydrogen-bond acceptors (Lipinski definition) is 5. The lowest BCUT2D eigenvalue weighted by molar-refractivity contribution is -0.265. The first kappa shape index (κ1) is 10.8. The van der Waals surface area contributed by atoms with Crippen molar-refractivity contribution in [1.29, 1.82) is 0 Å². The summed E-state index contributed by atoms with van der Waals surface area (Å²) in [5, 5.41) is 2.49. The van der Waals surface area contributed by atoms with Crippen molar-refractivity contribution in [3.05, 3.63) is 12.1 Å². The summed E-state index contributed by atoms with van der Waals surface area (Å²) in [5.74, 6) is 0.291. The van der Waals surface area contributed by atoms with Gasteiger partial charge in [0.05, 0.1) is 6.10 Å². The quantitative estimate of drug-likeness (QED) is 0.491. The van der Waals surface area contributed by atoms with Crippen LogP contribution in [0, 0.1) is 0 Å². The molecule has 0 aromatic carbocycles. The molecule has 15 heavy (non-hydrogen) atoms. The van der Waals surface area contributed by atoms with E-state index < -0.39 is 7.67 Å². The van der Waals surface area contributed by atoms with Crippen LogP contribution in [0.5, 0.6) is 0 Å². The van der Waals surface area contributed by atoms with Crippen molar-refractivity contribution in [2.75, 3.05) is 0 Å². The lowest BCUT2D eigenvalue weighted by Crippen LogP contribution is -2.26. The predicted molar refractivity (Wildman–Crippen MR) is 51.7 cm³/mol. The van der Waals surface area contributed by atoms with Crippen LogP contribution in [-0.4, -0.2) is 6.10 Å². The lowest BCUT2D eigenvalue weighted by atomic mass is 10.3. The molecule has 1 atom stereocenters. The highest BCUT2D eigenvalue weighted by Crippen LogP contribution is 2.39. The molecule has 1 aliphatic heterocycles. The van der Waals surface area contributed by atoms with Crippen LogP contribution in [0.1, 0.15) is 25.7 Å². The van der Waals surface area contributed by atoms with Crippen molar-refractivity contribution in [2.24, 2.45) is 5.50 Å². The Bertz CT molecular complexity index is 303. The summed E-state index contributed by atoms with van der Waals surface area (Å²) in [5.41, 5.74) is 7.84. The van der Waals surface area contributed by atoms with Gasteiger partial charge in [0, 0.05) is 0 Å². The van der Waals surface area contributed by atoms with E-state index in [9.17, 15) is 4.57 Å². The third kappa shape index (κ3) is 3.10. The highest BCUT2D eigenvalue weighted by Gasteiger charge is 2.27. The topological polar surface area (TPSA) is 94.8 Å². The Kier molecular flexibility index (Phi) is 3.16. The fraction of sp³-hybridized carbons (Fsp3) is 0.714. The molecule has 1 unspecified atom stereocenters. The van der Waals surface area contributed by atoms with Crippen LogP contribution >= 0.6 is 7.67 Å². The smallest absolute Gasteiger partial charge is 0.318 e. The normalized spacial score (nSPS) is 25.3. The van der Waals surface area contributed by atoms with Gasteiger partial charge in [0.2, 0.25) is 0 Å². The minimum atomic E-state index is -3.33. The fourth-order valence-corrected chi connectivity index (χ4v) is 2.76. The van der Waals surface area contributed by atoms with E-state index in [1.165, 1.54) is 6.26 Å². The third-order valence-corrected chi connectivity index (χ3v) is 3.41. The molecule has 0 aromatic rings. The number of nitrogens with two attached hydrogens (primary N) is 1. The molecule has 1 saturated carbocycles. The average molecular weight is 235 g/mol. The van der Waals surface area contributed by atoms with E-state index in [1.807, 2.05) is 0 Å². The van der Waals surface area contributed by atoms with E-state index in [4.69, 9.17) is 10.0 Å². The summed E-state index contributed by atoms with van der Waals surface area (Å²) in [6.07, 6.45) is 5.20. The monoisotopic (exact) mass is 235 g/mol. The van der Waals surface area contributed by atoms with Crippen molar-refractivity contribution in [1.82, 2.24) is 10.6 Å². The number of hydroxylamine groups is 1. The van der Waals surface area contributed by atoms with Crippen molar-refractivity contribution in [3.8, 4) is 0 Å². The molecule has 2 rings (SSSR count). The Morgan fingerprint density at radius 3 is 2.93 bits per heavy atom. The van der Waals surface area contributed by atoms with Gasteiger partial charge in [-0.3, -0.25) is 9.61 Å². The van der Waals surface area contributed by atoms with E-state index in [2.05, 4.69) is 20.4 Å². The van der Waals surface area contributed by atoms with Crippen LogP contribution in [-0.2, 0) is 19.0 Å². The van der Waals surface area contributed by atoms with E-state index in [0.717, 1.165) is 25.7 Å². The molecule has 4 N–H and O–H groups in total. The van der Waals surface area contributed by atoms with Crippen molar-refractivity contribution >= 4 is 7.67 Å². The number of nitrogens with one attached hydrogen (secondary N) is 2. The molecule has 0 aromatic heterocycles. The van der Waals surface area contributed by atoms with Crippen LogP contribution < -0.4 is 16.1 Å². The lowest BCUT2D eigenvalue weighted by Gasteiger charge is -2.19. The second-order valence-corrected chi connectivity index (χ2v) is 5.16. The van der Waals surface area contributed by atoms with Gasteiger partial charge >= 0.3 is 7.67 Å². The molecule has 1 fully saturated rings. The van der Waals surface area contributed by atoms with E-state index in [1.54, 1.807) is 0 Å². The molecule has 1 heterocycles. The zero-order valence-corrected chi connectivity index (χ0v) is 9.04. The maximum absolute atomic E-state index is 11.8. The fourth-order valence-electron chi connectivity index (χ4n) is 1.62. The maximum Gasteiger partial charge on any atom is 0.364 e. The molecular formula is C7H14N3O4P. The Hall–Kier alpha value is -0.750. The second kappa shape index (κ2) is 4.40. The molecule has 0 amide bonds. The highest BCUT2D eigenvalue weighted by atomic mass is 31.2. The SMILES string of the molecule is NP(=O)(NC1=COON1)OC1CCCC1.